The maximum absolute atomic E-state index is 12.2. The predicted molar refractivity (Wildman–Crippen MR) is 99.5 cm³/mol. The number of nitrogens with zero attached hydrogens (tertiary/aromatic N) is 2. The van der Waals surface area contributed by atoms with Gasteiger partial charge >= 0.3 is 5.97 Å². The number of pyridine rings is 1. The molecule has 0 bridgehead atoms. The Labute approximate surface area is 158 Å². The van der Waals surface area contributed by atoms with Crippen LogP contribution >= 0.6 is 11.6 Å². The van der Waals surface area contributed by atoms with Crippen LogP contribution in [0.4, 0.5) is 5.69 Å². The highest BCUT2D eigenvalue weighted by Crippen LogP contribution is 2.18. The second-order valence-corrected chi connectivity index (χ2v) is 6.04. The quantitative estimate of drug-likeness (QED) is 0.512. The molecule has 2 N–H and O–H groups in total. The fraction of sp³-hybridized carbons (Fsp3) is 0.167. The van der Waals surface area contributed by atoms with Crippen LogP contribution in [0, 0.1) is 0 Å². The van der Waals surface area contributed by atoms with E-state index in [1.807, 2.05) is 0 Å². The molecule has 0 fully saturated rings. The normalized spacial score (nSPS) is 11.8. The van der Waals surface area contributed by atoms with Crippen molar-refractivity contribution in [1.82, 2.24) is 15.2 Å². The number of rotatable bonds is 5. The molecule has 138 valence electrons. The Kier molecular flexibility index (Phi) is 5.46. The van der Waals surface area contributed by atoms with Gasteiger partial charge in [-0.2, -0.15) is 5.10 Å². The maximum atomic E-state index is 12.2. The van der Waals surface area contributed by atoms with Gasteiger partial charge in [-0.15, -0.1) is 0 Å². The number of fused-ring (bicyclic) bond motifs is 1. The van der Waals surface area contributed by atoms with Crippen molar-refractivity contribution in [2.75, 3.05) is 5.32 Å². The van der Waals surface area contributed by atoms with E-state index >= 15 is 0 Å². The summed E-state index contributed by atoms with van der Waals surface area (Å²) in [6.07, 6.45) is 0.244. The van der Waals surface area contributed by atoms with Crippen molar-refractivity contribution in [3.8, 4) is 0 Å². The van der Waals surface area contributed by atoms with E-state index in [4.69, 9.17) is 16.3 Å². The lowest BCUT2D eigenvalue weighted by atomic mass is 10.1. The Morgan fingerprint density at radius 3 is 2.70 bits per heavy atom. The SMILES string of the molecule is C[C@@H](OC(=O)Cc1n[nH]c(=O)c2ccccc12)C(=O)Nc1cccnc1Cl. The van der Waals surface area contributed by atoms with Crippen molar-refractivity contribution in [1.29, 1.82) is 0 Å². The summed E-state index contributed by atoms with van der Waals surface area (Å²) in [5.74, 6) is -1.20. The average Bonchev–Trinajstić information content (AvgIpc) is 2.66. The van der Waals surface area contributed by atoms with Crippen LogP contribution in [-0.2, 0) is 20.7 Å². The van der Waals surface area contributed by atoms with Crippen molar-refractivity contribution in [2.45, 2.75) is 19.4 Å². The van der Waals surface area contributed by atoms with Gasteiger partial charge in [0.15, 0.2) is 11.3 Å². The Hall–Kier alpha value is -3.26. The number of aromatic nitrogens is 3. The van der Waals surface area contributed by atoms with Crippen LogP contribution in [0.5, 0.6) is 0 Å². The van der Waals surface area contributed by atoms with Gasteiger partial charge in [0, 0.05) is 11.6 Å². The van der Waals surface area contributed by atoms with Crippen LogP contribution in [-0.4, -0.2) is 33.2 Å². The Balaban J connectivity index is 1.67. The number of anilines is 1. The molecule has 2 aromatic heterocycles. The molecular formula is C18H15ClN4O4. The number of nitrogens with one attached hydrogen (secondary N) is 2. The number of halogens is 1. The van der Waals surface area contributed by atoms with E-state index in [2.05, 4.69) is 20.5 Å². The molecule has 27 heavy (non-hydrogen) atoms. The van der Waals surface area contributed by atoms with Crippen molar-refractivity contribution < 1.29 is 14.3 Å². The first-order chi connectivity index (χ1) is 13.0. The molecule has 0 saturated heterocycles. The molecule has 8 nitrogen and oxygen atoms in total. The number of benzene rings is 1. The topological polar surface area (TPSA) is 114 Å². The predicted octanol–water partition coefficient (Wildman–Crippen LogP) is 2.08. The van der Waals surface area contributed by atoms with Crippen molar-refractivity contribution in [3.05, 3.63) is 63.8 Å². The lowest BCUT2D eigenvalue weighted by Gasteiger charge is -2.14. The standard InChI is InChI=1S/C18H15ClN4O4/c1-10(17(25)21-13-7-4-8-20-16(13)19)27-15(24)9-14-11-5-2-3-6-12(11)18(26)23-22-14/h2-8,10H,9H2,1H3,(H,21,25)(H,23,26)/t10-/m1/s1. The number of H-pyrrole nitrogens is 1. The van der Waals surface area contributed by atoms with Gasteiger partial charge in [-0.3, -0.25) is 14.4 Å². The third-order valence-corrected chi connectivity index (χ3v) is 4.08. The van der Waals surface area contributed by atoms with E-state index in [9.17, 15) is 14.4 Å². The van der Waals surface area contributed by atoms with E-state index in [-0.39, 0.29) is 17.1 Å². The molecule has 3 rings (SSSR count). The summed E-state index contributed by atoms with van der Waals surface area (Å²) in [5.41, 5.74) is 0.335. The molecule has 1 aromatic carbocycles. The molecule has 0 radical (unpaired) electrons. The van der Waals surface area contributed by atoms with E-state index in [1.54, 1.807) is 36.4 Å². The first kappa shape index (κ1) is 18.5. The summed E-state index contributed by atoms with van der Waals surface area (Å²) >= 11 is 5.88. The Morgan fingerprint density at radius 2 is 1.96 bits per heavy atom. The largest absolute Gasteiger partial charge is 0.452 e. The zero-order valence-electron chi connectivity index (χ0n) is 14.2. The van der Waals surface area contributed by atoms with Crippen molar-refractivity contribution in [2.24, 2.45) is 0 Å². The molecule has 0 aliphatic heterocycles. The minimum Gasteiger partial charge on any atom is -0.452 e. The Morgan fingerprint density at radius 1 is 1.22 bits per heavy atom. The first-order valence-electron chi connectivity index (χ1n) is 8.03. The number of esters is 1. The van der Waals surface area contributed by atoms with Gasteiger partial charge < -0.3 is 10.1 Å². The zero-order chi connectivity index (χ0) is 19.4. The number of hydrogen-bond acceptors (Lipinski definition) is 6. The smallest absolute Gasteiger partial charge is 0.312 e. The molecule has 0 saturated carbocycles. The van der Waals surface area contributed by atoms with E-state index in [0.29, 0.717) is 22.2 Å². The van der Waals surface area contributed by atoms with Gasteiger partial charge in [0.1, 0.15) is 0 Å². The van der Waals surface area contributed by atoms with Crippen molar-refractivity contribution in [3.63, 3.8) is 0 Å². The van der Waals surface area contributed by atoms with Crippen LogP contribution < -0.4 is 10.9 Å². The molecule has 9 heteroatoms. The summed E-state index contributed by atoms with van der Waals surface area (Å²) < 4.78 is 5.16. The van der Waals surface area contributed by atoms with E-state index in [1.165, 1.54) is 13.1 Å². The fourth-order valence-corrected chi connectivity index (χ4v) is 2.62. The molecule has 0 aliphatic carbocycles. The number of ether oxygens (including phenoxy) is 1. The van der Waals surface area contributed by atoms with Gasteiger partial charge in [0.2, 0.25) is 0 Å². The number of hydrogen-bond donors (Lipinski definition) is 2. The third-order valence-electron chi connectivity index (χ3n) is 3.78. The van der Waals surface area contributed by atoms with Crippen LogP contribution in [0.3, 0.4) is 0 Å². The van der Waals surface area contributed by atoms with Crippen LogP contribution in [0.2, 0.25) is 5.15 Å². The molecule has 1 amide bonds. The second kappa shape index (κ2) is 7.96. The number of carbonyl (C=O) groups is 2. The molecule has 2 heterocycles. The van der Waals surface area contributed by atoms with Crippen molar-refractivity contribution >= 4 is 39.9 Å². The summed E-state index contributed by atoms with van der Waals surface area (Å²) in [4.78, 5) is 40.0. The number of carbonyl (C=O) groups excluding carboxylic acids is 2. The van der Waals surface area contributed by atoms with Gasteiger partial charge in [-0.05, 0) is 25.1 Å². The van der Waals surface area contributed by atoms with Gasteiger partial charge in [-0.1, -0.05) is 29.8 Å². The lowest BCUT2D eigenvalue weighted by Crippen LogP contribution is -2.30. The molecule has 1 atom stereocenters. The summed E-state index contributed by atoms with van der Waals surface area (Å²) in [6.45, 7) is 1.44. The van der Waals surface area contributed by atoms with Gasteiger partial charge in [0.05, 0.1) is 23.2 Å². The first-order valence-corrected chi connectivity index (χ1v) is 8.40. The van der Waals surface area contributed by atoms with Crippen LogP contribution in [0.1, 0.15) is 12.6 Å². The average molecular weight is 387 g/mol. The molecule has 3 aromatic rings. The summed E-state index contributed by atoms with van der Waals surface area (Å²) in [5, 5.41) is 9.91. The van der Waals surface area contributed by atoms with E-state index < -0.39 is 18.0 Å². The van der Waals surface area contributed by atoms with Gasteiger partial charge in [0.25, 0.3) is 11.5 Å². The monoisotopic (exact) mass is 386 g/mol. The minimum atomic E-state index is -1.05. The summed E-state index contributed by atoms with van der Waals surface area (Å²) in [7, 11) is 0. The fourth-order valence-electron chi connectivity index (χ4n) is 2.45. The number of aromatic amines is 1. The van der Waals surface area contributed by atoms with Crippen LogP contribution in [0.25, 0.3) is 10.8 Å². The third kappa shape index (κ3) is 4.29. The van der Waals surface area contributed by atoms with Crippen LogP contribution in [0.15, 0.2) is 47.4 Å². The highest BCUT2D eigenvalue weighted by molar-refractivity contribution is 6.32. The maximum Gasteiger partial charge on any atom is 0.312 e. The number of amides is 1. The van der Waals surface area contributed by atoms with E-state index in [0.717, 1.165) is 0 Å². The lowest BCUT2D eigenvalue weighted by molar-refractivity contribution is -0.152. The van der Waals surface area contributed by atoms with Gasteiger partial charge in [-0.25, -0.2) is 10.1 Å². The molecule has 0 unspecified atom stereocenters. The minimum absolute atomic E-state index is 0.133. The second-order valence-electron chi connectivity index (χ2n) is 5.68. The Bertz CT molecular complexity index is 1070. The molecular weight excluding hydrogens is 372 g/mol. The molecule has 0 spiro atoms. The highest BCUT2D eigenvalue weighted by atomic mass is 35.5. The molecule has 0 aliphatic rings. The zero-order valence-corrected chi connectivity index (χ0v) is 15.0. The highest BCUT2D eigenvalue weighted by Gasteiger charge is 2.20. The summed E-state index contributed by atoms with van der Waals surface area (Å²) in [6, 6.07) is 9.99.